The van der Waals surface area contributed by atoms with E-state index in [4.69, 9.17) is 4.74 Å². The van der Waals surface area contributed by atoms with Crippen molar-refractivity contribution < 1.29 is 27.5 Å². The molecule has 2 atom stereocenters. The Morgan fingerprint density at radius 3 is 2.59 bits per heavy atom. The standard InChI is InChI=1S/C18H22F3N3O3/c1-27-15-4-2-14(3-5-15)24-9-12(8-16(24)25)17(26)22-13-6-7-23(10-13)11-18(19,20)21/h2-5,12-13H,6-11H2,1H3,(H,22,26). The Labute approximate surface area is 155 Å². The van der Waals surface area contributed by atoms with E-state index in [0.717, 1.165) is 0 Å². The summed E-state index contributed by atoms with van der Waals surface area (Å²) < 4.78 is 42.5. The minimum Gasteiger partial charge on any atom is -0.497 e. The summed E-state index contributed by atoms with van der Waals surface area (Å²) in [5.74, 6) is -0.260. The maximum atomic E-state index is 12.5. The highest BCUT2D eigenvalue weighted by Crippen LogP contribution is 2.27. The van der Waals surface area contributed by atoms with Gasteiger partial charge in [-0.05, 0) is 30.7 Å². The molecule has 3 rings (SSSR count). The highest BCUT2D eigenvalue weighted by atomic mass is 19.4. The highest BCUT2D eigenvalue weighted by molar-refractivity contribution is 6.00. The lowest BCUT2D eigenvalue weighted by Crippen LogP contribution is -2.42. The smallest absolute Gasteiger partial charge is 0.401 e. The average Bonchev–Trinajstić information content (AvgIpc) is 3.20. The first-order valence-electron chi connectivity index (χ1n) is 8.79. The zero-order valence-corrected chi connectivity index (χ0v) is 15.0. The van der Waals surface area contributed by atoms with Crippen LogP contribution in [-0.4, -0.2) is 62.2 Å². The number of carbonyl (C=O) groups is 2. The molecule has 0 saturated carbocycles. The van der Waals surface area contributed by atoms with E-state index < -0.39 is 18.6 Å². The first-order chi connectivity index (χ1) is 12.7. The Hall–Kier alpha value is -2.29. The quantitative estimate of drug-likeness (QED) is 0.840. The number of methoxy groups -OCH3 is 1. The third-order valence-electron chi connectivity index (χ3n) is 4.90. The summed E-state index contributed by atoms with van der Waals surface area (Å²) >= 11 is 0. The number of ether oxygens (including phenoxy) is 1. The fourth-order valence-corrected chi connectivity index (χ4v) is 3.56. The average molecular weight is 385 g/mol. The molecule has 6 nitrogen and oxygen atoms in total. The monoisotopic (exact) mass is 385 g/mol. The van der Waals surface area contributed by atoms with Crippen LogP contribution in [0.2, 0.25) is 0 Å². The Morgan fingerprint density at radius 2 is 1.96 bits per heavy atom. The summed E-state index contributed by atoms with van der Waals surface area (Å²) in [4.78, 5) is 27.6. The molecule has 0 radical (unpaired) electrons. The van der Waals surface area contributed by atoms with Gasteiger partial charge in [-0.15, -0.1) is 0 Å². The second-order valence-corrected chi connectivity index (χ2v) is 6.95. The molecular formula is C18H22F3N3O3. The molecule has 27 heavy (non-hydrogen) atoms. The van der Waals surface area contributed by atoms with Crippen LogP contribution < -0.4 is 15.0 Å². The molecule has 0 aromatic heterocycles. The zero-order valence-electron chi connectivity index (χ0n) is 15.0. The number of nitrogens with zero attached hydrogens (tertiary/aromatic N) is 2. The van der Waals surface area contributed by atoms with Gasteiger partial charge in [-0.25, -0.2) is 0 Å². The maximum Gasteiger partial charge on any atom is 0.401 e. The summed E-state index contributed by atoms with van der Waals surface area (Å²) in [6.07, 6.45) is -3.67. The third kappa shape index (κ3) is 4.91. The molecule has 0 bridgehead atoms. The number of anilines is 1. The fourth-order valence-electron chi connectivity index (χ4n) is 3.56. The van der Waals surface area contributed by atoms with E-state index in [0.29, 0.717) is 24.4 Å². The van der Waals surface area contributed by atoms with Crippen LogP contribution >= 0.6 is 0 Å². The molecule has 2 fully saturated rings. The van der Waals surface area contributed by atoms with Gasteiger partial charge in [0, 0.05) is 37.8 Å². The van der Waals surface area contributed by atoms with Crippen molar-refractivity contribution >= 4 is 17.5 Å². The van der Waals surface area contributed by atoms with Crippen molar-refractivity contribution in [3.05, 3.63) is 24.3 Å². The van der Waals surface area contributed by atoms with Gasteiger partial charge in [0.25, 0.3) is 0 Å². The molecule has 2 amide bonds. The Bertz CT molecular complexity index is 693. The number of amides is 2. The van der Waals surface area contributed by atoms with E-state index in [1.54, 1.807) is 36.3 Å². The molecule has 2 aliphatic heterocycles. The summed E-state index contributed by atoms with van der Waals surface area (Å²) in [7, 11) is 1.55. The number of benzene rings is 1. The van der Waals surface area contributed by atoms with Gasteiger partial charge in [0.2, 0.25) is 11.8 Å². The van der Waals surface area contributed by atoms with Gasteiger partial charge in [0.15, 0.2) is 0 Å². The predicted octanol–water partition coefficient (Wildman–Crippen LogP) is 1.80. The first-order valence-corrected chi connectivity index (χ1v) is 8.79. The molecule has 2 aliphatic rings. The fraction of sp³-hybridized carbons (Fsp3) is 0.556. The van der Waals surface area contributed by atoms with Crippen LogP contribution in [0, 0.1) is 5.92 Å². The number of alkyl halides is 3. The number of hydrogen-bond donors (Lipinski definition) is 1. The molecule has 1 aromatic carbocycles. The van der Waals surface area contributed by atoms with Gasteiger partial charge in [-0.2, -0.15) is 13.2 Å². The van der Waals surface area contributed by atoms with Crippen LogP contribution in [0.4, 0.5) is 18.9 Å². The molecular weight excluding hydrogens is 363 g/mol. The molecule has 1 N–H and O–H groups in total. The van der Waals surface area contributed by atoms with E-state index in [1.807, 2.05) is 0 Å². The SMILES string of the molecule is COc1ccc(N2CC(C(=O)NC3CCN(CC(F)(F)F)C3)CC2=O)cc1. The second kappa shape index (κ2) is 7.75. The van der Waals surface area contributed by atoms with Crippen molar-refractivity contribution in [2.24, 2.45) is 5.92 Å². The molecule has 0 aliphatic carbocycles. The predicted molar refractivity (Wildman–Crippen MR) is 92.5 cm³/mol. The second-order valence-electron chi connectivity index (χ2n) is 6.95. The van der Waals surface area contributed by atoms with Crippen molar-refractivity contribution in [1.82, 2.24) is 10.2 Å². The molecule has 1 aromatic rings. The van der Waals surface area contributed by atoms with Gasteiger partial charge in [0.1, 0.15) is 5.75 Å². The van der Waals surface area contributed by atoms with Crippen LogP contribution in [0.1, 0.15) is 12.8 Å². The summed E-state index contributed by atoms with van der Waals surface area (Å²) in [5, 5.41) is 2.80. The normalized spacial score (nSPS) is 23.7. The highest BCUT2D eigenvalue weighted by Gasteiger charge is 2.38. The molecule has 0 spiro atoms. The minimum atomic E-state index is -4.24. The number of rotatable bonds is 5. The summed E-state index contributed by atoms with van der Waals surface area (Å²) in [6.45, 7) is -0.233. The van der Waals surface area contributed by atoms with E-state index in [1.165, 1.54) is 4.90 Å². The maximum absolute atomic E-state index is 12.5. The van der Waals surface area contributed by atoms with Gasteiger partial charge in [-0.1, -0.05) is 0 Å². The van der Waals surface area contributed by atoms with Gasteiger partial charge >= 0.3 is 6.18 Å². The lowest BCUT2D eigenvalue weighted by Gasteiger charge is -2.20. The van der Waals surface area contributed by atoms with E-state index in [-0.39, 0.29) is 37.4 Å². The van der Waals surface area contributed by atoms with E-state index in [2.05, 4.69) is 5.32 Å². The van der Waals surface area contributed by atoms with Crippen molar-refractivity contribution in [3.8, 4) is 5.75 Å². The van der Waals surface area contributed by atoms with Crippen molar-refractivity contribution in [2.45, 2.75) is 25.1 Å². The third-order valence-corrected chi connectivity index (χ3v) is 4.90. The number of halogens is 3. The lowest BCUT2D eigenvalue weighted by atomic mass is 10.1. The summed E-state index contributed by atoms with van der Waals surface area (Å²) in [6, 6.07) is 6.67. The number of likely N-dealkylation sites (tertiary alicyclic amines) is 1. The Morgan fingerprint density at radius 1 is 1.26 bits per heavy atom. The van der Waals surface area contributed by atoms with Crippen LogP contribution in [0.15, 0.2) is 24.3 Å². The van der Waals surface area contributed by atoms with Crippen molar-refractivity contribution in [3.63, 3.8) is 0 Å². The van der Waals surface area contributed by atoms with Crippen LogP contribution in [0.25, 0.3) is 0 Å². The molecule has 148 valence electrons. The van der Waals surface area contributed by atoms with Gasteiger partial charge < -0.3 is 15.0 Å². The van der Waals surface area contributed by atoms with E-state index >= 15 is 0 Å². The topological polar surface area (TPSA) is 61.9 Å². The van der Waals surface area contributed by atoms with Crippen LogP contribution in [-0.2, 0) is 9.59 Å². The number of carbonyl (C=O) groups excluding carboxylic acids is 2. The van der Waals surface area contributed by atoms with E-state index in [9.17, 15) is 22.8 Å². The first kappa shape index (κ1) is 19.5. The molecule has 2 unspecified atom stereocenters. The zero-order chi connectivity index (χ0) is 19.6. The Kier molecular flexibility index (Phi) is 5.59. The van der Waals surface area contributed by atoms with Gasteiger partial charge in [-0.3, -0.25) is 14.5 Å². The number of nitrogens with one attached hydrogen (secondary N) is 1. The van der Waals surface area contributed by atoms with Crippen LogP contribution in [0.3, 0.4) is 0 Å². The summed E-state index contributed by atoms with van der Waals surface area (Å²) in [5.41, 5.74) is 0.688. The van der Waals surface area contributed by atoms with Crippen molar-refractivity contribution in [1.29, 1.82) is 0 Å². The number of hydrogen-bond acceptors (Lipinski definition) is 4. The van der Waals surface area contributed by atoms with Gasteiger partial charge in [0.05, 0.1) is 19.6 Å². The lowest BCUT2D eigenvalue weighted by molar-refractivity contribution is -0.143. The van der Waals surface area contributed by atoms with Crippen LogP contribution in [0.5, 0.6) is 5.75 Å². The molecule has 2 heterocycles. The molecule has 2 saturated heterocycles. The minimum absolute atomic E-state index is 0.0941. The largest absolute Gasteiger partial charge is 0.497 e. The molecule has 9 heteroatoms. The Balaban J connectivity index is 1.53. The van der Waals surface area contributed by atoms with Crippen molar-refractivity contribution in [2.75, 3.05) is 38.2 Å².